The van der Waals surface area contributed by atoms with Crippen LogP contribution in [0.3, 0.4) is 0 Å². The zero-order valence-corrected chi connectivity index (χ0v) is 20.3. The van der Waals surface area contributed by atoms with Gasteiger partial charge in [0.1, 0.15) is 5.84 Å². The molecule has 2 heterocycles. The number of aromatic nitrogens is 1. The molecule has 4 atom stereocenters. The van der Waals surface area contributed by atoms with Crippen molar-refractivity contribution < 1.29 is 0 Å². The fraction of sp³-hybridized carbons (Fsp3) is 0.448. The first kappa shape index (κ1) is 22.9. The molecule has 34 heavy (non-hydrogen) atoms. The lowest BCUT2D eigenvalue weighted by molar-refractivity contribution is 0.0842. The van der Waals surface area contributed by atoms with E-state index in [1.807, 2.05) is 42.5 Å². The lowest BCUT2D eigenvalue weighted by Crippen LogP contribution is -2.45. The third-order valence-corrected chi connectivity index (χ3v) is 8.15. The Bertz CT molecular complexity index is 1250. The van der Waals surface area contributed by atoms with Crippen LogP contribution >= 0.6 is 0 Å². The average molecular weight is 457 g/mol. The van der Waals surface area contributed by atoms with Gasteiger partial charge in [0.15, 0.2) is 0 Å². The maximum absolute atomic E-state index is 13.9. The second-order valence-electron chi connectivity index (χ2n) is 10.4. The van der Waals surface area contributed by atoms with Crippen molar-refractivity contribution in [3.05, 3.63) is 70.5 Å². The van der Waals surface area contributed by atoms with E-state index >= 15 is 0 Å². The van der Waals surface area contributed by atoms with Crippen molar-refractivity contribution in [1.82, 2.24) is 9.47 Å². The van der Waals surface area contributed by atoms with Gasteiger partial charge in [-0.25, -0.2) is 0 Å². The van der Waals surface area contributed by atoms with Gasteiger partial charge in [-0.1, -0.05) is 42.8 Å². The lowest BCUT2D eigenvalue weighted by Gasteiger charge is -2.40. The summed E-state index contributed by atoms with van der Waals surface area (Å²) in [5, 5.41) is 8.88. The van der Waals surface area contributed by atoms with E-state index in [2.05, 4.69) is 35.4 Å². The number of para-hydroxylation sites is 1. The maximum Gasteiger partial charge on any atom is 0.259 e. The Kier molecular flexibility index (Phi) is 6.30. The molecule has 3 aromatic rings. The van der Waals surface area contributed by atoms with Gasteiger partial charge in [-0.3, -0.25) is 15.1 Å². The monoisotopic (exact) mass is 456 g/mol. The number of nitrogens with one attached hydrogen (secondary N) is 1. The van der Waals surface area contributed by atoms with Gasteiger partial charge in [0.2, 0.25) is 0 Å². The minimum atomic E-state index is 0.0165. The first-order valence-corrected chi connectivity index (χ1v) is 12.8. The van der Waals surface area contributed by atoms with Crippen LogP contribution in [-0.4, -0.2) is 33.9 Å². The van der Waals surface area contributed by atoms with Crippen molar-refractivity contribution in [2.75, 3.05) is 6.54 Å². The van der Waals surface area contributed by atoms with E-state index in [1.54, 1.807) is 0 Å². The van der Waals surface area contributed by atoms with Gasteiger partial charge in [0, 0.05) is 35.8 Å². The molecule has 178 valence electrons. The van der Waals surface area contributed by atoms with Crippen LogP contribution in [-0.2, 0) is 0 Å². The molecule has 5 rings (SSSR count). The number of benzene rings is 2. The summed E-state index contributed by atoms with van der Waals surface area (Å²) in [6.07, 6.45) is 7.20. The highest BCUT2D eigenvalue weighted by molar-refractivity contribution is 5.96. The first-order valence-electron chi connectivity index (χ1n) is 12.8. The summed E-state index contributed by atoms with van der Waals surface area (Å²) >= 11 is 0. The van der Waals surface area contributed by atoms with Crippen LogP contribution in [0.15, 0.2) is 59.4 Å². The van der Waals surface area contributed by atoms with Gasteiger partial charge in [0.05, 0.1) is 5.52 Å². The molecule has 2 unspecified atom stereocenters. The van der Waals surface area contributed by atoms with E-state index in [0.717, 1.165) is 35.9 Å². The van der Waals surface area contributed by atoms with Crippen molar-refractivity contribution in [3.8, 4) is 11.1 Å². The van der Waals surface area contributed by atoms with Crippen LogP contribution in [0.2, 0.25) is 0 Å². The number of piperidine rings is 1. The van der Waals surface area contributed by atoms with Crippen LogP contribution in [0.1, 0.15) is 64.0 Å². The van der Waals surface area contributed by atoms with Crippen LogP contribution in [0.25, 0.3) is 22.0 Å². The fourth-order valence-corrected chi connectivity index (χ4v) is 6.29. The Labute approximate surface area is 202 Å². The molecule has 1 saturated heterocycles. The van der Waals surface area contributed by atoms with E-state index in [4.69, 9.17) is 11.1 Å². The average Bonchev–Trinajstić information content (AvgIpc) is 3.29. The van der Waals surface area contributed by atoms with Crippen molar-refractivity contribution in [1.29, 1.82) is 5.41 Å². The topological polar surface area (TPSA) is 75.1 Å². The van der Waals surface area contributed by atoms with Crippen molar-refractivity contribution >= 4 is 16.7 Å². The zero-order valence-electron chi connectivity index (χ0n) is 20.3. The minimum Gasteiger partial charge on any atom is -0.384 e. The molecule has 1 aromatic heterocycles. The molecule has 1 aliphatic carbocycles. The summed E-state index contributed by atoms with van der Waals surface area (Å²) in [5.74, 6) is 0.645. The van der Waals surface area contributed by atoms with E-state index in [1.165, 1.54) is 25.7 Å². The number of rotatable bonds is 5. The van der Waals surface area contributed by atoms with Crippen LogP contribution in [0.5, 0.6) is 0 Å². The Morgan fingerprint density at radius 2 is 1.76 bits per heavy atom. The van der Waals surface area contributed by atoms with E-state index in [0.29, 0.717) is 29.1 Å². The van der Waals surface area contributed by atoms with Crippen molar-refractivity contribution in [2.24, 2.45) is 11.7 Å². The van der Waals surface area contributed by atoms with Gasteiger partial charge >= 0.3 is 0 Å². The number of likely N-dealkylation sites (tertiary alicyclic amines) is 1. The van der Waals surface area contributed by atoms with E-state index in [9.17, 15) is 4.79 Å². The molecule has 2 fully saturated rings. The maximum atomic E-state index is 13.9. The van der Waals surface area contributed by atoms with Crippen LogP contribution in [0, 0.1) is 11.3 Å². The number of nitrogen functional groups attached to an aromatic ring is 1. The molecular formula is C29H36N4O. The summed E-state index contributed by atoms with van der Waals surface area (Å²) in [4.78, 5) is 16.6. The van der Waals surface area contributed by atoms with Gasteiger partial charge in [-0.15, -0.1) is 0 Å². The summed E-state index contributed by atoms with van der Waals surface area (Å²) in [5.41, 5.74) is 8.95. The molecule has 5 nitrogen and oxygen atoms in total. The molecule has 0 bridgehead atoms. The minimum absolute atomic E-state index is 0.0165. The second-order valence-corrected chi connectivity index (χ2v) is 10.4. The third kappa shape index (κ3) is 4.29. The molecule has 1 saturated carbocycles. The number of nitrogens with two attached hydrogens (primary N) is 1. The number of amidine groups is 1. The Hall–Kier alpha value is -2.92. The van der Waals surface area contributed by atoms with Crippen LogP contribution < -0.4 is 11.3 Å². The summed E-state index contributed by atoms with van der Waals surface area (Å²) in [6.45, 7) is 5.89. The number of nitrogens with zero attached hydrogens (tertiary/aromatic N) is 2. The molecule has 2 aromatic carbocycles. The van der Waals surface area contributed by atoms with E-state index < -0.39 is 0 Å². The second kappa shape index (κ2) is 9.38. The fourth-order valence-electron chi connectivity index (χ4n) is 6.29. The quantitative estimate of drug-likeness (QED) is 0.390. The van der Waals surface area contributed by atoms with Gasteiger partial charge in [-0.05, 0) is 81.0 Å². The SMILES string of the molecule is C[C@@H]1CCC[C@H](C)N1CC1CCC(n2c(=O)c(-c3cccc(C(=N)N)c3)cc3ccccc32)C1. The molecule has 1 aliphatic heterocycles. The number of pyridine rings is 1. The largest absolute Gasteiger partial charge is 0.384 e. The normalized spacial score (nSPS) is 25.6. The van der Waals surface area contributed by atoms with Gasteiger partial charge in [0.25, 0.3) is 5.56 Å². The van der Waals surface area contributed by atoms with Crippen molar-refractivity contribution in [2.45, 2.75) is 70.5 Å². The molecule has 5 heteroatoms. The summed E-state index contributed by atoms with van der Waals surface area (Å²) < 4.78 is 2.06. The molecule has 0 amide bonds. The predicted molar refractivity (Wildman–Crippen MR) is 141 cm³/mol. The Morgan fingerprint density at radius 3 is 2.53 bits per heavy atom. The lowest BCUT2D eigenvalue weighted by atomic mass is 9.95. The Balaban J connectivity index is 1.50. The summed E-state index contributed by atoms with van der Waals surface area (Å²) in [7, 11) is 0. The molecule has 0 spiro atoms. The highest BCUT2D eigenvalue weighted by Gasteiger charge is 2.33. The standard InChI is InChI=1S/C29H36N4O/c1-19-7-5-8-20(2)32(19)18-21-13-14-25(15-21)33-27-12-4-3-9-23(27)17-26(29(33)34)22-10-6-11-24(16-22)28(30)31/h3-4,6,9-12,16-17,19-21,25H,5,7-8,13-15,18H2,1-2H3,(H3,30,31)/t19-,20+,21?,25?. The van der Waals surface area contributed by atoms with Gasteiger partial charge in [-0.2, -0.15) is 0 Å². The highest BCUT2D eigenvalue weighted by Crippen LogP contribution is 2.38. The number of fused-ring (bicyclic) bond motifs is 1. The molecule has 3 N–H and O–H groups in total. The van der Waals surface area contributed by atoms with E-state index in [-0.39, 0.29) is 17.4 Å². The van der Waals surface area contributed by atoms with Crippen molar-refractivity contribution in [3.63, 3.8) is 0 Å². The molecule has 0 radical (unpaired) electrons. The zero-order chi connectivity index (χ0) is 23.8. The predicted octanol–water partition coefficient (Wildman–Crippen LogP) is 5.56. The Morgan fingerprint density at radius 1 is 1.00 bits per heavy atom. The first-order chi connectivity index (χ1) is 16.4. The smallest absolute Gasteiger partial charge is 0.259 e. The van der Waals surface area contributed by atoms with Crippen LogP contribution in [0.4, 0.5) is 0 Å². The number of hydrogen-bond donors (Lipinski definition) is 2. The molecular weight excluding hydrogens is 420 g/mol. The molecule has 2 aliphatic rings. The van der Waals surface area contributed by atoms with Gasteiger partial charge < -0.3 is 10.3 Å². The number of hydrogen-bond acceptors (Lipinski definition) is 3. The summed E-state index contributed by atoms with van der Waals surface area (Å²) in [6, 6.07) is 19.2. The third-order valence-electron chi connectivity index (χ3n) is 8.15. The highest BCUT2D eigenvalue weighted by atomic mass is 16.1.